The first-order valence-electron chi connectivity index (χ1n) is 30.7. The van der Waals surface area contributed by atoms with Gasteiger partial charge in [0, 0.05) is 0 Å². The van der Waals surface area contributed by atoms with Gasteiger partial charge >= 0.3 is 0 Å². The summed E-state index contributed by atoms with van der Waals surface area (Å²) in [6, 6.07) is 125. The van der Waals surface area contributed by atoms with Crippen molar-refractivity contribution in [2.75, 3.05) is 0 Å². The lowest BCUT2D eigenvalue weighted by Crippen LogP contribution is -2.29. The molecule has 0 heteroatoms. The van der Waals surface area contributed by atoms with Gasteiger partial charge in [0.2, 0.25) is 0 Å². The highest BCUT2D eigenvalue weighted by atomic mass is 14.5. The molecule has 0 N–H and O–H groups in total. The summed E-state index contributed by atoms with van der Waals surface area (Å²) in [5.74, 6) is 0. The van der Waals surface area contributed by atoms with Crippen LogP contribution in [-0.4, -0.2) is 0 Å². The van der Waals surface area contributed by atoms with Gasteiger partial charge < -0.3 is 0 Å². The molecule has 14 aromatic carbocycles. The van der Waals surface area contributed by atoms with E-state index in [1.54, 1.807) is 0 Å². The van der Waals surface area contributed by atoms with E-state index in [4.69, 9.17) is 0 Å². The molecule has 0 aromatic heterocycles. The van der Waals surface area contributed by atoms with Gasteiger partial charge in [0.1, 0.15) is 0 Å². The van der Waals surface area contributed by atoms with Crippen molar-refractivity contribution in [3.05, 3.63) is 373 Å². The number of rotatable bonds is 12. The van der Waals surface area contributed by atoms with Crippen molar-refractivity contribution in [3.8, 4) is 122 Å². The lowest BCUT2D eigenvalue weighted by Gasteiger charge is -2.36. The zero-order valence-electron chi connectivity index (χ0n) is 49.8. The Balaban J connectivity index is 1.10. The minimum absolute atomic E-state index is 0.907. The molecule has 0 atom stereocenters. The molecule has 0 radical (unpaired) electrons. The Morgan fingerprint density at radius 2 is 0.466 bits per heavy atom. The number of aryl methyl sites for hydroxylation is 3. The topological polar surface area (TPSA) is 0 Å². The van der Waals surface area contributed by atoms with E-state index in [0.29, 0.717) is 0 Å². The summed E-state index contributed by atoms with van der Waals surface area (Å²) < 4.78 is 0. The van der Waals surface area contributed by atoms with Crippen LogP contribution in [0.25, 0.3) is 122 Å². The summed E-state index contributed by atoms with van der Waals surface area (Å²) in [5.41, 5.74) is 33.8. The second-order valence-corrected chi connectivity index (χ2v) is 23.8. The Morgan fingerprint density at radius 1 is 0.182 bits per heavy atom. The average Bonchev–Trinajstić information content (AvgIpc) is 1.52. The van der Waals surface area contributed by atoms with Crippen molar-refractivity contribution in [1.29, 1.82) is 0 Å². The molecule has 416 valence electrons. The molecule has 15 rings (SSSR count). The first kappa shape index (κ1) is 53.8. The molecular weight excluding hydrogens is 1060 g/mol. The molecule has 1 aliphatic carbocycles. The molecule has 1 aliphatic rings. The minimum Gasteiger partial charge on any atom is -0.0622 e. The van der Waals surface area contributed by atoms with Crippen LogP contribution in [0.4, 0.5) is 0 Å². The Hall–Kier alpha value is -10.9. The van der Waals surface area contributed by atoms with Crippen molar-refractivity contribution in [3.63, 3.8) is 0 Å². The molecular formula is C88H64. The molecule has 0 fully saturated rings. The highest BCUT2D eigenvalue weighted by Crippen LogP contribution is 2.61. The van der Waals surface area contributed by atoms with Crippen molar-refractivity contribution < 1.29 is 0 Å². The highest BCUT2D eigenvalue weighted by molar-refractivity contribution is 5.99. The molecule has 0 heterocycles. The first-order valence-corrected chi connectivity index (χ1v) is 30.7. The van der Waals surface area contributed by atoms with Crippen LogP contribution in [0.5, 0.6) is 0 Å². The van der Waals surface area contributed by atoms with Crippen LogP contribution < -0.4 is 0 Å². The van der Waals surface area contributed by atoms with Gasteiger partial charge in [-0.05, 0) is 243 Å². The van der Waals surface area contributed by atoms with E-state index in [9.17, 15) is 0 Å². The van der Waals surface area contributed by atoms with Crippen LogP contribution >= 0.6 is 0 Å². The van der Waals surface area contributed by atoms with Crippen molar-refractivity contribution >= 4 is 0 Å². The van der Waals surface area contributed by atoms with Gasteiger partial charge in [0.15, 0.2) is 0 Å². The fraction of sp³-hybridized carbons (Fsp3) is 0.0455. The van der Waals surface area contributed by atoms with E-state index >= 15 is 0 Å². The third-order valence-corrected chi connectivity index (χ3v) is 18.2. The quantitative estimate of drug-likeness (QED) is 0.114. The summed E-state index contributed by atoms with van der Waals surface area (Å²) in [6.07, 6.45) is 0. The van der Waals surface area contributed by atoms with Crippen LogP contribution in [-0.2, 0) is 5.41 Å². The molecule has 88 heavy (non-hydrogen) atoms. The summed E-state index contributed by atoms with van der Waals surface area (Å²) in [6.45, 7) is 6.81. The van der Waals surface area contributed by atoms with E-state index in [0.717, 1.165) is 44.5 Å². The summed E-state index contributed by atoms with van der Waals surface area (Å²) in [7, 11) is 0. The molecule has 0 bridgehead atoms. The fourth-order valence-electron chi connectivity index (χ4n) is 14.2. The standard InChI is InChI=1S/C88H64/c1-59-46-60(2)86(61(3)47-59)83-42-23-43-84-87(83)82-45-44-75(66-32-17-8-18-33-66)58-85(82)88(84,80-54-76(71-38-19-34-67(48-71)62-24-9-4-10-25-62)52-77(55-80)72-39-20-35-68(49-72)63-26-11-5-12-27-63)81-56-78(73-40-21-36-69(50-73)64-28-13-6-14-29-64)53-79(57-81)74-41-22-37-70(51-74)65-30-15-7-16-31-65/h4-58H,1-3H3. The Bertz CT molecular complexity index is 4460. The van der Waals surface area contributed by atoms with Crippen LogP contribution in [0.3, 0.4) is 0 Å². The van der Waals surface area contributed by atoms with Gasteiger partial charge in [-0.25, -0.2) is 0 Å². The van der Waals surface area contributed by atoms with E-state index in [1.165, 1.54) is 117 Å². The largest absolute Gasteiger partial charge is 0.0714 e. The van der Waals surface area contributed by atoms with Crippen molar-refractivity contribution in [2.24, 2.45) is 0 Å². The number of hydrogen-bond acceptors (Lipinski definition) is 0. The van der Waals surface area contributed by atoms with Gasteiger partial charge in [-0.3, -0.25) is 0 Å². The van der Waals surface area contributed by atoms with Gasteiger partial charge in [0.05, 0.1) is 5.41 Å². The normalized spacial score (nSPS) is 12.1. The van der Waals surface area contributed by atoms with Gasteiger partial charge in [-0.2, -0.15) is 0 Å². The van der Waals surface area contributed by atoms with Gasteiger partial charge in [-0.15, -0.1) is 0 Å². The van der Waals surface area contributed by atoms with Crippen LogP contribution in [0.15, 0.2) is 334 Å². The Labute approximate surface area is 518 Å². The molecule has 0 unspecified atom stereocenters. The summed E-state index contributed by atoms with van der Waals surface area (Å²) >= 11 is 0. The zero-order valence-corrected chi connectivity index (χ0v) is 49.8. The number of benzene rings is 14. The molecule has 0 saturated carbocycles. The second kappa shape index (κ2) is 22.8. The summed E-state index contributed by atoms with van der Waals surface area (Å²) in [5, 5.41) is 0. The van der Waals surface area contributed by atoms with Crippen molar-refractivity contribution in [1.82, 2.24) is 0 Å². The maximum atomic E-state index is 2.54. The Kier molecular flexibility index (Phi) is 13.9. The highest BCUT2D eigenvalue weighted by Gasteiger charge is 2.48. The second-order valence-electron chi connectivity index (χ2n) is 23.8. The van der Waals surface area contributed by atoms with E-state index in [2.05, 4.69) is 354 Å². The molecule has 14 aromatic rings. The first-order chi connectivity index (χ1) is 43.3. The van der Waals surface area contributed by atoms with Gasteiger partial charge in [0.25, 0.3) is 0 Å². The number of hydrogen-bond donors (Lipinski definition) is 0. The predicted molar refractivity (Wildman–Crippen MR) is 372 cm³/mol. The maximum absolute atomic E-state index is 2.54. The third-order valence-electron chi connectivity index (χ3n) is 18.2. The Morgan fingerprint density at radius 3 is 0.807 bits per heavy atom. The smallest absolute Gasteiger partial charge is 0.0622 e. The lowest BCUT2D eigenvalue weighted by molar-refractivity contribution is 0.770. The van der Waals surface area contributed by atoms with E-state index in [-0.39, 0.29) is 0 Å². The van der Waals surface area contributed by atoms with Crippen LogP contribution in [0, 0.1) is 20.8 Å². The molecule has 0 nitrogen and oxygen atoms in total. The van der Waals surface area contributed by atoms with E-state index < -0.39 is 5.41 Å². The molecule has 0 aliphatic heterocycles. The molecule has 0 amide bonds. The average molecular weight is 1120 g/mol. The van der Waals surface area contributed by atoms with E-state index in [1.807, 2.05) is 0 Å². The minimum atomic E-state index is -0.907. The van der Waals surface area contributed by atoms with Gasteiger partial charge in [-0.1, -0.05) is 272 Å². The summed E-state index contributed by atoms with van der Waals surface area (Å²) in [4.78, 5) is 0. The lowest BCUT2D eigenvalue weighted by atomic mass is 9.65. The zero-order chi connectivity index (χ0) is 59.1. The fourth-order valence-corrected chi connectivity index (χ4v) is 14.2. The predicted octanol–water partition coefficient (Wildman–Crippen LogP) is 23.6. The third kappa shape index (κ3) is 9.89. The van der Waals surface area contributed by atoms with Crippen LogP contribution in [0.2, 0.25) is 0 Å². The molecule has 0 spiro atoms. The monoisotopic (exact) mass is 1120 g/mol. The van der Waals surface area contributed by atoms with Crippen molar-refractivity contribution in [2.45, 2.75) is 26.2 Å². The van der Waals surface area contributed by atoms with Crippen LogP contribution in [0.1, 0.15) is 38.9 Å². The number of fused-ring (bicyclic) bond motifs is 3. The maximum Gasteiger partial charge on any atom is 0.0714 e. The molecule has 0 saturated heterocycles. The SMILES string of the molecule is Cc1cc(C)c(-c2cccc3c2-c2ccc(-c4ccccc4)cc2C3(c2cc(-c3cccc(-c4ccccc4)c3)cc(-c3cccc(-c4ccccc4)c3)c2)c2cc(-c3cccc(-c4ccccc4)c3)cc(-c3cccc(-c4ccccc4)c3)c2)c(C)c1.